The van der Waals surface area contributed by atoms with Gasteiger partial charge in [0.05, 0.1) is 55.5 Å². The molecule has 64 heavy (non-hydrogen) atoms. The summed E-state index contributed by atoms with van der Waals surface area (Å²) in [6, 6.07) is -0.280. The van der Waals surface area contributed by atoms with Crippen molar-refractivity contribution in [2.75, 3.05) is 117 Å². The molecule has 0 heterocycles. The fourth-order valence-corrected chi connectivity index (χ4v) is 0.780. The van der Waals surface area contributed by atoms with Crippen molar-refractivity contribution in [3.05, 3.63) is 6.92 Å². The Morgan fingerprint density at radius 1 is 0.594 bits per heavy atom. The van der Waals surface area contributed by atoms with Crippen LogP contribution in [-0.2, 0) is 42.8 Å². The molecule has 0 radical (unpaired) electrons. The zero-order valence-electron chi connectivity index (χ0n) is 41.0. The number of nitrogens with one attached hydrogen (secondary N) is 6. The molecule has 0 atom stereocenters. The Bertz CT molecular complexity index is 920. The van der Waals surface area contributed by atoms with Crippen LogP contribution in [0.25, 0.3) is 0 Å². The average molecular weight is 941 g/mol. The number of isocyanates is 1. The minimum atomic E-state index is -0.373. The van der Waals surface area contributed by atoms with E-state index >= 15 is 0 Å². The molecule has 0 bridgehead atoms. The zero-order chi connectivity index (χ0) is 54.0. The summed E-state index contributed by atoms with van der Waals surface area (Å²) in [4.78, 5) is 68.4. The molecule has 382 valence electrons. The Kier molecular flexibility index (Phi) is 314. The van der Waals surface area contributed by atoms with E-state index in [2.05, 4.69) is 78.0 Å². The third kappa shape index (κ3) is 567. The highest BCUT2D eigenvalue weighted by Crippen LogP contribution is 1.71. The highest BCUT2D eigenvalue weighted by atomic mass is 16.6. The highest BCUT2D eigenvalue weighted by molar-refractivity contribution is 5.73. The molecule has 14 N–H and O–H groups in total. The number of urea groups is 2. The standard InChI is InChI=1S/C4H10N2O.2C4H9NO2.C3H8N2O.5C2H3NO.C2H7N.2C2H6O.C2H5.CH5N.CO2.H2O/c1-3-6-4(7)5-2;2*1-3-7-4(6)5-2;1-4-3(6)5-2;4*1-4-2-3;1-3-2-4;3*1-2-3;2*1-2;2-1-3;/h3H2,1-2H3,(H2,5,6,7);2*3H2,1-2H3,(H,5,6);1-2H3,(H2,4,5,6);5*1H3;2-3H2,1H3;2*3H,2H2,1H3;1H2,2H3;2H2,1H3;;1H2/q;;;;;;;;;;;;+1;;;. The molecule has 0 aliphatic rings. The van der Waals surface area contributed by atoms with Crippen LogP contribution in [0, 0.1) is 53.0 Å². The Hall–Kier alpha value is -7.33. The number of nitrogens with zero attached hydrogens (tertiary/aromatic N) is 5. The number of aliphatic hydroxyl groups is 2. The summed E-state index contributed by atoms with van der Waals surface area (Å²) < 4.78 is 24.3. The first-order valence-corrected chi connectivity index (χ1v) is 17.4. The molecule has 0 aromatic rings. The minimum absolute atomic E-state index is 0. The lowest BCUT2D eigenvalue weighted by atomic mass is 10.7. The van der Waals surface area contributed by atoms with Crippen molar-refractivity contribution < 1.29 is 77.7 Å². The molecule has 29 heteroatoms. The number of methoxy groups -OCH3 is 4. The maximum atomic E-state index is 10.2. The summed E-state index contributed by atoms with van der Waals surface area (Å²) >= 11 is 0. The highest BCUT2D eigenvalue weighted by Gasteiger charge is 1.90. The summed E-state index contributed by atoms with van der Waals surface area (Å²) in [5.74, 6) is 0. The second-order valence-electron chi connectivity index (χ2n) is 6.50. The lowest BCUT2D eigenvalue weighted by Crippen LogP contribution is -2.32. The fraction of sp³-hybridized carbons (Fsp3) is 0.686. The molecular formula is C35H82N13O16+. The number of rotatable bonds is 3. The fourth-order valence-electron chi connectivity index (χ4n) is 0.780. The van der Waals surface area contributed by atoms with Crippen molar-refractivity contribution in [3.63, 3.8) is 0 Å². The summed E-state index contributed by atoms with van der Waals surface area (Å²) in [6.45, 7) is 18.4. The number of nitrogens with two attached hydrogens (primary N) is 2. The van der Waals surface area contributed by atoms with E-state index < -0.39 is 0 Å². The van der Waals surface area contributed by atoms with Gasteiger partial charge in [-0.25, -0.2) is 29.0 Å². The molecule has 0 fully saturated rings. The Morgan fingerprint density at radius 3 is 0.797 bits per heavy atom. The van der Waals surface area contributed by atoms with Crippen LogP contribution < -0.4 is 43.4 Å². The van der Waals surface area contributed by atoms with Gasteiger partial charge in [0, 0.05) is 62.0 Å². The van der Waals surface area contributed by atoms with Crippen LogP contribution in [0.3, 0.4) is 0 Å². The van der Waals surface area contributed by atoms with Gasteiger partial charge in [0.1, 0.15) is 0 Å². The van der Waals surface area contributed by atoms with Crippen molar-refractivity contribution in [3.8, 4) is 25.0 Å². The first-order chi connectivity index (χ1) is 30.0. The predicted octanol–water partition coefficient (Wildman–Crippen LogP) is -0.418. The molecular weight excluding hydrogens is 858 g/mol. The molecule has 0 aliphatic carbocycles. The second-order valence-corrected chi connectivity index (χ2v) is 6.50. The number of amides is 6. The molecule has 0 aromatic heterocycles. The zero-order valence-corrected chi connectivity index (χ0v) is 41.0. The third-order valence-corrected chi connectivity index (χ3v) is 2.43. The largest absolute Gasteiger partial charge is 0.450 e. The molecule has 0 aliphatic heterocycles. The number of nitriles is 4. The van der Waals surface area contributed by atoms with Gasteiger partial charge in [-0.15, -0.1) is 0 Å². The van der Waals surface area contributed by atoms with Crippen LogP contribution >= 0.6 is 0 Å². The molecule has 0 rings (SSSR count). The van der Waals surface area contributed by atoms with E-state index in [4.69, 9.17) is 51.4 Å². The average Bonchev–Trinajstić information content (AvgIpc) is 3.32. The van der Waals surface area contributed by atoms with Gasteiger partial charge in [0.2, 0.25) is 6.08 Å². The van der Waals surface area contributed by atoms with Crippen molar-refractivity contribution >= 4 is 36.5 Å². The molecule has 6 amide bonds. The van der Waals surface area contributed by atoms with Gasteiger partial charge in [0.15, 0.2) is 0 Å². The number of alkyl carbamates (subject to hydrolysis) is 2. The van der Waals surface area contributed by atoms with E-state index in [1.54, 1.807) is 55.8 Å². The number of carbonyl (C=O) groups is 4. The predicted molar refractivity (Wildman–Crippen MR) is 238 cm³/mol. The van der Waals surface area contributed by atoms with Crippen molar-refractivity contribution in [2.45, 2.75) is 48.5 Å². The van der Waals surface area contributed by atoms with E-state index in [-0.39, 0.29) is 49.1 Å². The van der Waals surface area contributed by atoms with Gasteiger partial charge in [-0.2, -0.15) is 30.6 Å². The van der Waals surface area contributed by atoms with Gasteiger partial charge in [-0.1, -0.05) is 6.92 Å². The molecule has 0 aromatic carbocycles. The molecule has 0 saturated carbocycles. The van der Waals surface area contributed by atoms with E-state index in [1.807, 2.05) is 13.8 Å². The van der Waals surface area contributed by atoms with E-state index in [0.717, 1.165) is 6.54 Å². The number of aliphatic hydroxyl groups excluding tert-OH is 2. The smallest absolute Gasteiger partial charge is 0.406 e. The van der Waals surface area contributed by atoms with Crippen molar-refractivity contribution in [2.24, 2.45) is 16.5 Å². The van der Waals surface area contributed by atoms with Crippen LogP contribution in [0.15, 0.2) is 4.99 Å². The maximum Gasteiger partial charge on any atom is 0.406 e. The first kappa shape index (κ1) is 106. The minimum Gasteiger partial charge on any atom is -0.450 e. The Labute approximate surface area is 381 Å². The van der Waals surface area contributed by atoms with Gasteiger partial charge < -0.3 is 87.5 Å². The molecule has 29 nitrogen and oxygen atoms in total. The van der Waals surface area contributed by atoms with Crippen LogP contribution in [0.2, 0.25) is 0 Å². The Morgan fingerprint density at radius 2 is 0.766 bits per heavy atom. The van der Waals surface area contributed by atoms with Crippen LogP contribution in [0.1, 0.15) is 48.5 Å². The van der Waals surface area contributed by atoms with Crippen molar-refractivity contribution in [1.29, 1.82) is 21.0 Å². The monoisotopic (exact) mass is 941 g/mol. The molecule has 0 spiro atoms. The van der Waals surface area contributed by atoms with Crippen LogP contribution in [0.4, 0.5) is 19.2 Å². The second kappa shape index (κ2) is 189. The normalized spacial score (nSPS) is 5.59. The summed E-state index contributed by atoms with van der Waals surface area (Å²) in [7, 11) is 15.9. The SMILES string of the molecule is CCN.CCNC(=O)NC.CCO.CCO.CCOC(=O)NC.CCOC(=O)NC.CN.CN=C=O.CNC(=O)NC.COC#N.COC#N.COC#N.COC#N.O.O=C=O.[CH2+]C. The van der Waals surface area contributed by atoms with Gasteiger partial charge in [-0.3, -0.25) is 0 Å². The summed E-state index contributed by atoms with van der Waals surface area (Å²) in [6.07, 6.45) is 6.53. The maximum absolute atomic E-state index is 10.2. The van der Waals surface area contributed by atoms with Crippen molar-refractivity contribution in [1.82, 2.24) is 31.9 Å². The number of carbonyl (C=O) groups excluding carboxylic acids is 7. The number of hydrogen-bond donors (Lipinski definition) is 10. The lowest BCUT2D eigenvalue weighted by molar-refractivity contribution is -0.191. The number of hydrogen-bond acceptors (Lipinski definition) is 22. The van der Waals surface area contributed by atoms with Crippen LogP contribution in [0.5, 0.6) is 0 Å². The van der Waals surface area contributed by atoms with E-state index in [9.17, 15) is 19.2 Å². The summed E-state index contributed by atoms with van der Waals surface area (Å²) in [5, 5.41) is 59.0. The lowest BCUT2D eigenvalue weighted by Gasteiger charge is -1.96. The number of ether oxygens (including phenoxy) is 6. The Balaban J connectivity index is -0.0000000280. The quantitative estimate of drug-likeness (QED) is 0.0743. The third-order valence-electron chi connectivity index (χ3n) is 2.43. The van der Waals surface area contributed by atoms with E-state index in [0.29, 0.717) is 19.8 Å². The van der Waals surface area contributed by atoms with Crippen LogP contribution in [-0.4, -0.2) is 169 Å². The molecule has 0 saturated heterocycles. The van der Waals surface area contributed by atoms with Gasteiger partial charge >= 0.3 is 30.4 Å². The number of aliphatic imine (C=N–C) groups is 1. The van der Waals surface area contributed by atoms with Gasteiger partial charge in [0.25, 0.3) is 25.0 Å². The van der Waals surface area contributed by atoms with Gasteiger partial charge in [-0.05, 0) is 48.2 Å². The van der Waals surface area contributed by atoms with E-state index in [1.165, 1.54) is 87.7 Å². The summed E-state index contributed by atoms with van der Waals surface area (Å²) in [5.41, 5.74) is 9.35. The first-order valence-electron chi connectivity index (χ1n) is 17.4. The topological polar surface area (TPSA) is 479 Å². The molecule has 0 unspecified atom stereocenters.